The molecule has 0 fully saturated rings. The highest BCUT2D eigenvalue weighted by Crippen LogP contribution is 2.25. The van der Waals surface area contributed by atoms with E-state index < -0.39 is 10.0 Å². The van der Waals surface area contributed by atoms with Crippen molar-refractivity contribution in [1.29, 1.82) is 0 Å². The fourth-order valence-electron chi connectivity index (χ4n) is 1.88. The van der Waals surface area contributed by atoms with Crippen LogP contribution in [0.1, 0.15) is 21.5 Å². The van der Waals surface area contributed by atoms with E-state index in [-0.39, 0.29) is 5.91 Å². The predicted molar refractivity (Wildman–Crippen MR) is 63.9 cm³/mol. The fourth-order valence-corrected chi connectivity index (χ4v) is 2.63. The van der Waals surface area contributed by atoms with Gasteiger partial charge in [0.25, 0.3) is 5.91 Å². The number of amides is 1. The SMILES string of the molecule is CNC(=O)c1ccc2c(c1)CN(S(C)(=O)=O)C2. The van der Waals surface area contributed by atoms with E-state index in [1.165, 1.54) is 10.6 Å². The van der Waals surface area contributed by atoms with Gasteiger partial charge in [-0.15, -0.1) is 0 Å². The third-order valence-corrected chi connectivity index (χ3v) is 4.05. The van der Waals surface area contributed by atoms with Crippen molar-refractivity contribution in [3.8, 4) is 0 Å². The summed E-state index contributed by atoms with van der Waals surface area (Å²) in [5.41, 5.74) is 2.42. The van der Waals surface area contributed by atoms with Crippen molar-refractivity contribution in [2.24, 2.45) is 0 Å². The summed E-state index contributed by atoms with van der Waals surface area (Å²) in [7, 11) is -1.61. The average Bonchev–Trinajstić information content (AvgIpc) is 2.70. The van der Waals surface area contributed by atoms with Gasteiger partial charge in [-0.3, -0.25) is 4.79 Å². The maximum absolute atomic E-state index is 11.4. The Balaban J connectivity index is 2.31. The molecule has 1 aromatic rings. The summed E-state index contributed by atoms with van der Waals surface area (Å²) in [5.74, 6) is -0.161. The highest BCUT2D eigenvalue weighted by molar-refractivity contribution is 7.88. The normalized spacial score (nSPS) is 15.6. The summed E-state index contributed by atoms with van der Waals surface area (Å²) in [6.45, 7) is 0.737. The first kappa shape index (κ1) is 12.1. The number of hydrogen-bond donors (Lipinski definition) is 1. The molecular weight excluding hydrogens is 240 g/mol. The first-order valence-corrected chi connectivity index (χ1v) is 7.05. The van der Waals surface area contributed by atoms with E-state index in [0.29, 0.717) is 18.7 Å². The summed E-state index contributed by atoms with van der Waals surface area (Å²) >= 11 is 0. The lowest BCUT2D eigenvalue weighted by Crippen LogP contribution is -2.23. The Hall–Kier alpha value is -1.40. The van der Waals surface area contributed by atoms with Crippen LogP contribution in [0.5, 0.6) is 0 Å². The van der Waals surface area contributed by atoms with Gasteiger partial charge in [0, 0.05) is 25.7 Å². The molecule has 1 N–H and O–H groups in total. The minimum atomic E-state index is -3.18. The van der Waals surface area contributed by atoms with E-state index in [2.05, 4.69) is 5.32 Å². The molecule has 1 aliphatic heterocycles. The Bertz CT molecular complexity index is 566. The first-order chi connectivity index (χ1) is 7.91. The highest BCUT2D eigenvalue weighted by atomic mass is 32.2. The molecule has 1 heterocycles. The maximum Gasteiger partial charge on any atom is 0.251 e. The molecular formula is C11H14N2O3S. The number of hydrogen-bond acceptors (Lipinski definition) is 3. The Morgan fingerprint density at radius 3 is 2.53 bits per heavy atom. The van der Waals surface area contributed by atoms with E-state index in [0.717, 1.165) is 11.1 Å². The predicted octanol–water partition coefficient (Wildman–Crippen LogP) is 0.321. The largest absolute Gasteiger partial charge is 0.355 e. The molecule has 17 heavy (non-hydrogen) atoms. The van der Waals surface area contributed by atoms with Crippen LogP contribution in [0.2, 0.25) is 0 Å². The van der Waals surface area contributed by atoms with Crippen molar-refractivity contribution in [3.63, 3.8) is 0 Å². The summed E-state index contributed by atoms with van der Waals surface area (Å²) in [6.07, 6.45) is 1.19. The molecule has 0 saturated heterocycles. The van der Waals surface area contributed by atoms with Crippen molar-refractivity contribution in [1.82, 2.24) is 9.62 Å². The van der Waals surface area contributed by atoms with Gasteiger partial charge in [-0.25, -0.2) is 8.42 Å². The zero-order valence-electron chi connectivity index (χ0n) is 9.73. The van der Waals surface area contributed by atoms with Crippen LogP contribution in [0.25, 0.3) is 0 Å². The number of sulfonamides is 1. The maximum atomic E-state index is 11.4. The molecule has 0 spiro atoms. The molecule has 0 aliphatic carbocycles. The zero-order chi connectivity index (χ0) is 12.6. The van der Waals surface area contributed by atoms with Crippen LogP contribution in [0, 0.1) is 0 Å². The van der Waals surface area contributed by atoms with Crippen LogP contribution in [0.4, 0.5) is 0 Å². The summed E-state index contributed by atoms with van der Waals surface area (Å²) in [6, 6.07) is 5.27. The topological polar surface area (TPSA) is 66.5 Å². The number of benzene rings is 1. The molecule has 0 aromatic heterocycles. The Kier molecular flexibility index (Phi) is 2.92. The van der Waals surface area contributed by atoms with Crippen LogP contribution in [-0.2, 0) is 23.1 Å². The lowest BCUT2D eigenvalue weighted by Gasteiger charge is -2.10. The third kappa shape index (κ3) is 2.32. The van der Waals surface area contributed by atoms with Crippen LogP contribution in [-0.4, -0.2) is 31.9 Å². The van der Waals surface area contributed by atoms with Crippen molar-refractivity contribution in [3.05, 3.63) is 34.9 Å². The number of fused-ring (bicyclic) bond motifs is 1. The van der Waals surface area contributed by atoms with Crippen LogP contribution in [0.15, 0.2) is 18.2 Å². The van der Waals surface area contributed by atoms with Gasteiger partial charge in [0.15, 0.2) is 0 Å². The van der Waals surface area contributed by atoms with Crippen molar-refractivity contribution in [2.45, 2.75) is 13.1 Å². The standard InChI is InChI=1S/C11H14N2O3S/c1-12-11(14)8-3-4-9-6-13(17(2,15)16)7-10(9)5-8/h3-5H,6-7H2,1-2H3,(H,12,14). The first-order valence-electron chi connectivity index (χ1n) is 5.21. The van der Waals surface area contributed by atoms with Gasteiger partial charge in [-0.1, -0.05) is 6.07 Å². The van der Waals surface area contributed by atoms with Gasteiger partial charge in [0.1, 0.15) is 0 Å². The van der Waals surface area contributed by atoms with E-state index in [4.69, 9.17) is 0 Å². The lowest BCUT2D eigenvalue weighted by molar-refractivity contribution is 0.0963. The molecule has 0 unspecified atom stereocenters. The average molecular weight is 254 g/mol. The van der Waals surface area contributed by atoms with Crippen LogP contribution in [0.3, 0.4) is 0 Å². The van der Waals surface area contributed by atoms with Crippen molar-refractivity contribution < 1.29 is 13.2 Å². The quantitative estimate of drug-likeness (QED) is 0.826. The Labute approximate surface area is 100 Å². The molecule has 0 saturated carbocycles. The minimum Gasteiger partial charge on any atom is -0.355 e. The number of nitrogens with zero attached hydrogens (tertiary/aromatic N) is 1. The van der Waals surface area contributed by atoms with E-state index in [9.17, 15) is 13.2 Å². The summed E-state index contributed by atoms with van der Waals surface area (Å²) in [4.78, 5) is 11.4. The second-order valence-electron chi connectivity index (χ2n) is 4.09. The highest BCUT2D eigenvalue weighted by Gasteiger charge is 2.26. The van der Waals surface area contributed by atoms with Gasteiger partial charge < -0.3 is 5.32 Å². The molecule has 2 rings (SSSR count). The molecule has 1 aliphatic rings. The molecule has 92 valence electrons. The number of carbonyl (C=O) groups is 1. The van der Waals surface area contributed by atoms with Gasteiger partial charge in [0.05, 0.1) is 6.26 Å². The van der Waals surface area contributed by atoms with Gasteiger partial charge >= 0.3 is 0 Å². The Morgan fingerprint density at radius 2 is 1.94 bits per heavy atom. The molecule has 6 heteroatoms. The molecule has 5 nitrogen and oxygen atoms in total. The number of rotatable bonds is 2. The second kappa shape index (κ2) is 4.12. The molecule has 1 aromatic carbocycles. The smallest absolute Gasteiger partial charge is 0.251 e. The summed E-state index contributed by atoms with van der Waals surface area (Å²) in [5, 5.41) is 2.54. The van der Waals surface area contributed by atoms with Crippen molar-refractivity contribution >= 4 is 15.9 Å². The van der Waals surface area contributed by atoms with E-state index in [1.54, 1.807) is 19.2 Å². The second-order valence-corrected chi connectivity index (χ2v) is 6.08. The van der Waals surface area contributed by atoms with Gasteiger partial charge in [-0.05, 0) is 23.3 Å². The van der Waals surface area contributed by atoms with Crippen LogP contribution < -0.4 is 5.32 Å². The van der Waals surface area contributed by atoms with Crippen molar-refractivity contribution in [2.75, 3.05) is 13.3 Å². The molecule has 1 amide bonds. The van der Waals surface area contributed by atoms with Gasteiger partial charge in [-0.2, -0.15) is 4.31 Å². The monoisotopic (exact) mass is 254 g/mol. The number of carbonyl (C=O) groups excluding carboxylic acids is 1. The third-order valence-electron chi connectivity index (χ3n) is 2.86. The Morgan fingerprint density at radius 1 is 1.29 bits per heavy atom. The zero-order valence-corrected chi connectivity index (χ0v) is 10.5. The molecule has 0 radical (unpaired) electrons. The van der Waals surface area contributed by atoms with Gasteiger partial charge in [0.2, 0.25) is 10.0 Å². The lowest BCUT2D eigenvalue weighted by atomic mass is 10.1. The van der Waals surface area contributed by atoms with E-state index >= 15 is 0 Å². The molecule has 0 atom stereocenters. The minimum absolute atomic E-state index is 0.161. The van der Waals surface area contributed by atoms with Crippen LogP contribution >= 0.6 is 0 Å². The fraction of sp³-hybridized carbons (Fsp3) is 0.364. The summed E-state index contributed by atoms with van der Waals surface area (Å²) < 4.78 is 24.2. The van der Waals surface area contributed by atoms with E-state index in [1.807, 2.05) is 6.07 Å². The molecule has 0 bridgehead atoms. The number of nitrogens with one attached hydrogen (secondary N) is 1.